The maximum Gasteiger partial charge on any atom is 0.312 e. The molecule has 128 valence electrons. The number of carbonyl (C=O) groups excluding carboxylic acids is 2. The lowest BCUT2D eigenvalue weighted by Gasteiger charge is -2.39. The molecule has 4 N–H and O–H groups in total. The molecular formula is C17H33N3O2. The molecule has 1 fully saturated rings. The number of nitrogens with two attached hydrogens (primary N) is 1. The largest absolute Gasteiger partial charge is 0.352 e. The van der Waals surface area contributed by atoms with Crippen molar-refractivity contribution in [1.29, 1.82) is 0 Å². The van der Waals surface area contributed by atoms with Crippen LogP contribution in [0.1, 0.15) is 66.7 Å². The Morgan fingerprint density at radius 2 is 1.73 bits per heavy atom. The van der Waals surface area contributed by atoms with Crippen molar-refractivity contribution in [2.45, 2.75) is 78.8 Å². The number of hydrogen-bond acceptors (Lipinski definition) is 2. The zero-order valence-electron chi connectivity index (χ0n) is 14.7. The van der Waals surface area contributed by atoms with E-state index in [1.54, 1.807) is 0 Å². The summed E-state index contributed by atoms with van der Waals surface area (Å²) in [6.07, 6.45) is 5.53. The van der Waals surface area contributed by atoms with Gasteiger partial charge in [-0.2, -0.15) is 0 Å². The number of carbonyl (C=O) groups is 2. The lowest BCUT2D eigenvalue weighted by molar-refractivity contribution is -0.124. The summed E-state index contributed by atoms with van der Waals surface area (Å²) >= 11 is 0. The molecular weight excluding hydrogens is 278 g/mol. The average molecular weight is 311 g/mol. The molecule has 1 atom stereocenters. The first-order chi connectivity index (χ1) is 10.2. The summed E-state index contributed by atoms with van der Waals surface area (Å²) in [5, 5.41) is 5.62. The van der Waals surface area contributed by atoms with Crippen molar-refractivity contribution in [2.24, 2.45) is 23.0 Å². The number of urea groups is 1. The molecule has 1 aliphatic rings. The molecule has 1 unspecified atom stereocenters. The van der Waals surface area contributed by atoms with Gasteiger partial charge in [0.05, 0.1) is 0 Å². The molecule has 0 spiro atoms. The quantitative estimate of drug-likeness (QED) is 0.704. The van der Waals surface area contributed by atoms with Crippen molar-refractivity contribution < 1.29 is 9.59 Å². The van der Waals surface area contributed by atoms with Gasteiger partial charge in [0.25, 0.3) is 0 Å². The molecule has 3 amide bonds. The van der Waals surface area contributed by atoms with Crippen molar-refractivity contribution >= 4 is 11.9 Å². The predicted molar refractivity (Wildman–Crippen MR) is 89.3 cm³/mol. The minimum atomic E-state index is -0.651. The molecule has 0 aromatic heterocycles. The van der Waals surface area contributed by atoms with Crippen LogP contribution in [0.3, 0.4) is 0 Å². The molecule has 0 heterocycles. The molecule has 22 heavy (non-hydrogen) atoms. The third kappa shape index (κ3) is 5.18. The van der Waals surface area contributed by atoms with Crippen LogP contribution in [0.5, 0.6) is 0 Å². The van der Waals surface area contributed by atoms with Crippen LogP contribution in [-0.2, 0) is 4.79 Å². The van der Waals surface area contributed by atoms with E-state index in [0.29, 0.717) is 5.41 Å². The van der Waals surface area contributed by atoms with Gasteiger partial charge in [-0.1, -0.05) is 41.0 Å². The highest BCUT2D eigenvalue weighted by Gasteiger charge is 2.33. The number of hydrogen-bond donors (Lipinski definition) is 3. The summed E-state index contributed by atoms with van der Waals surface area (Å²) < 4.78 is 0. The van der Waals surface area contributed by atoms with Gasteiger partial charge in [-0.3, -0.25) is 4.79 Å². The Morgan fingerprint density at radius 1 is 1.18 bits per heavy atom. The number of rotatable bonds is 6. The molecule has 1 saturated carbocycles. The molecule has 5 nitrogen and oxygen atoms in total. The Kier molecular flexibility index (Phi) is 6.69. The van der Waals surface area contributed by atoms with Crippen LogP contribution in [0.4, 0.5) is 4.79 Å². The number of nitrogens with one attached hydrogen (secondary N) is 2. The Labute approximate surface area is 134 Å². The fourth-order valence-electron chi connectivity index (χ4n) is 3.29. The van der Waals surface area contributed by atoms with E-state index in [1.807, 2.05) is 13.8 Å². The highest BCUT2D eigenvalue weighted by molar-refractivity contribution is 5.86. The summed E-state index contributed by atoms with van der Waals surface area (Å²) in [7, 11) is 0. The van der Waals surface area contributed by atoms with Crippen molar-refractivity contribution in [1.82, 2.24) is 10.6 Å². The van der Waals surface area contributed by atoms with Crippen molar-refractivity contribution in [3.63, 3.8) is 0 Å². The zero-order valence-corrected chi connectivity index (χ0v) is 14.7. The highest BCUT2D eigenvalue weighted by Crippen LogP contribution is 2.40. The van der Waals surface area contributed by atoms with Gasteiger partial charge in [0.15, 0.2) is 0 Å². The normalized spacial score (nSPS) is 23.9. The summed E-state index contributed by atoms with van der Waals surface area (Å²) in [6, 6.07) is -0.989. The van der Waals surface area contributed by atoms with Gasteiger partial charge in [-0.05, 0) is 42.9 Å². The lowest BCUT2D eigenvalue weighted by atomic mass is 9.69. The Bertz CT molecular complexity index is 385. The van der Waals surface area contributed by atoms with E-state index in [1.165, 1.54) is 6.42 Å². The standard InChI is InChI=1S/C17H33N3O2/c1-6-17(4,5)12-7-9-13(10-8-12)19-15(21)14(11(2)3)20-16(18)22/h11-14H,6-10H2,1-5H3,(H,19,21)(H3,18,20,22). The van der Waals surface area contributed by atoms with Gasteiger partial charge in [0.1, 0.15) is 6.04 Å². The third-order valence-electron chi connectivity index (χ3n) is 5.34. The number of amides is 3. The Balaban J connectivity index is 2.52. The van der Waals surface area contributed by atoms with E-state index >= 15 is 0 Å². The Morgan fingerprint density at radius 3 is 2.14 bits per heavy atom. The monoisotopic (exact) mass is 311 g/mol. The lowest BCUT2D eigenvalue weighted by Crippen LogP contribution is -2.53. The smallest absolute Gasteiger partial charge is 0.312 e. The SMILES string of the molecule is CCC(C)(C)C1CCC(NC(=O)C(NC(N)=O)C(C)C)CC1. The molecule has 0 aliphatic heterocycles. The van der Waals surface area contributed by atoms with Crippen molar-refractivity contribution in [3.8, 4) is 0 Å². The Hall–Kier alpha value is -1.26. The van der Waals surface area contributed by atoms with Crippen molar-refractivity contribution in [3.05, 3.63) is 0 Å². The van der Waals surface area contributed by atoms with Crippen LogP contribution in [0.25, 0.3) is 0 Å². The van der Waals surface area contributed by atoms with Crippen LogP contribution in [0.15, 0.2) is 0 Å². The predicted octanol–water partition coefficient (Wildman–Crippen LogP) is 2.79. The van der Waals surface area contributed by atoms with E-state index in [-0.39, 0.29) is 17.9 Å². The minimum absolute atomic E-state index is 0.0165. The first-order valence-electron chi connectivity index (χ1n) is 8.53. The van der Waals surface area contributed by atoms with Crippen molar-refractivity contribution in [2.75, 3.05) is 0 Å². The van der Waals surface area contributed by atoms with Gasteiger partial charge < -0.3 is 16.4 Å². The van der Waals surface area contributed by atoms with Crippen LogP contribution >= 0.6 is 0 Å². The highest BCUT2D eigenvalue weighted by atomic mass is 16.2. The fraction of sp³-hybridized carbons (Fsp3) is 0.882. The molecule has 0 aromatic rings. The second-order valence-electron chi connectivity index (χ2n) is 7.63. The molecule has 1 rings (SSSR count). The molecule has 0 radical (unpaired) electrons. The van der Waals surface area contributed by atoms with E-state index in [4.69, 9.17) is 5.73 Å². The topological polar surface area (TPSA) is 84.2 Å². The van der Waals surface area contributed by atoms with E-state index in [9.17, 15) is 9.59 Å². The summed E-state index contributed by atoms with van der Waals surface area (Å²) in [5.41, 5.74) is 5.53. The molecule has 1 aliphatic carbocycles. The first kappa shape index (κ1) is 18.8. The maximum absolute atomic E-state index is 12.3. The van der Waals surface area contributed by atoms with Gasteiger partial charge >= 0.3 is 6.03 Å². The second-order valence-corrected chi connectivity index (χ2v) is 7.63. The van der Waals surface area contributed by atoms with E-state index < -0.39 is 12.1 Å². The molecule has 0 aromatic carbocycles. The molecule has 0 saturated heterocycles. The maximum atomic E-state index is 12.3. The van der Waals surface area contributed by atoms with E-state index in [0.717, 1.165) is 31.6 Å². The summed E-state index contributed by atoms with van der Waals surface area (Å²) in [4.78, 5) is 23.4. The first-order valence-corrected chi connectivity index (χ1v) is 8.53. The zero-order chi connectivity index (χ0) is 16.9. The van der Waals surface area contributed by atoms with Crippen LogP contribution < -0.4 is 16.4 Å². The molecule has 5 heteroatoms. The second kappa shape index (κ2) is 7.84. The van der Waals surface area contributed by atoms with Crippen LogP contribution in [-0.4, -0.2) is 24.0 Å². The van der Waals surface area contributed by atoms with Gasteiger partial charge in [0, 0.05) is 6.04 Å². The summed E-state index contributed by atoms with van der Waals surface area (Å²) in [6.45, 7) is 10.7. The van der Waals surface area contributed by atoms with Gasteiger partial charge in [-0.25, -0.2) is 4.79 Å². The van der Waals surface area contributed by atoms with Gasteiger partial charge in [-0.15, -0.1) is 0 Å². The summed E-state index contributed by atoms with van der Waals surface area (Å²) in [5.74, 6) is 0.630. The third-order valence-corrected chi connectivity index (χ3v) is 5.34. The fourth-order valence-corrected chi connectivity index (χ4v) is 3.29. The van der Waals surface area contributed by atoms with Gasteiger partial charge in [0.2, 0.25) is 5.91 Å². The van der Waals surface area contributed by atoms with E-state index in [2.05, 4.69) is 31.4 Å². The average Bonchev–Trinajstić information content (AvgIpc) is 2.44. The van der Waals surface area contributed by atoms with Crippen LogP contribution in [0, 0.1) is 17.3 Å². The van der Waals surface area contributed by atoms with Crippen LogP contribution in [0.2, 0.25) is 0 Å². The minimum Gasteiger partial charge on any atom is -0.352 e. The molecule has 0 bridgehead atoms. The number of primary amides is 1.